The average molecular weight is 370 g/mol. The SMILES string of the molecule is O=S(=O)(NCc1cc(F)c(F)c(F)c1)c1cc(Cl)ccc1Cl. The zero-order valence-electron chi connectivity index (χ0n) is 10.7. The van der Waals surface area contributed by atoms with Gasteiger partial charge in [0.15, 0.2) is 17.5 Å². The second kappa shape index (κ2) is 6.45. The standard InChI is InChI=1S/C13H8Cl2F3NO2S/c14-8-1-2-9(15)12(5-8)22(20,21)19-6-7-3-10(16)13(18)11(17)4-7/h1-5,19H,6H2. The van der Waals surface area contributed by atoms with Gasteiger partial charge in [-0.1, -0.05) is 23.2 Å². The molecule has 0 radical (unpaired) electrons. The topological polar surface area (TPSA) is 46.2 Å². The fourth-order valence-corrected chi connectivity index (χ4v) is 3.43. The van der Waals surface area contributed by atoms with E-state index in [1.165, 1.54) is 12.1 Å². The van der Waals surface area contributed by atoms with Crippen LogP contribution >= 0.6 is 23.2 Å². The van der Waals surface area contributed by atoms with E-state index in [1.807, 2.05) is 0 Å². The molecule has 0 aromatic heterocycles. The van der Waals surface area contributed by atoms with E-state index >= 15 is 0 Å². The first-order valence-electron chi connectivity index (χ1n) is 5.79. The van der Waals surface area contributed by atoms with Crippen molar-refractivity contribution in [2.75, 3.05) is 0 Å². The second-order valence-corrected chi connectivity index (χ2v) is 6.85. The van der Waals surface area contributed by atoms with Crippen LogP contribution < -0.4 is 4.72 Å². The molecule has 0 spiro atoms. The van der Waals surface area contributed by atoms with Crippen molar-refractivity contribution in [2.24, 2.45) is 0 Å². The van der Waals surface area contributed by atoms with E-state index < -0.39 is 34.0 Å². The lowest BCUT2D eigenvalue weighted by atomic mass is 10.2. The Bertz CT molecular complexity index is 805. The first-order valence-corrected chi connectivity index (χ1v) is 8.03. The smallest absolute Gasteiger partial charge is 0.207 e. The summed E-state index contributed by atoms with van der Waals surface area (Å²) < 4.78 is 65.3. The fourth-order valence-electron chi connectivity index (χ4n) is 1.65. The van der Waals surface area contributed by atoms with Crippen molar-refractivity contribution in [3.63, 3.8) is 0 Å². The number of halogens is 5. The first kappa shape index (κ1) is 17.1. The number of benzene rings is 2. The molecule has 1 N–H and O–H groups in total. The zero-order valence-corrected chi connectivity index (χ0v) is 13.0. The van der Waals surface area contributed by atoms with Gasteiger partial charge in [0.2, 0.25) is 10.0 Å². The van der Waals surface area contributed by atoms with E-state index in [-0.39, 0.29) is 20.5 Å². The summed E-state index contributed by atoms with van der Waals surface area (Å²) in [6.45, 7) is -0.445. The van der Waals surface area contributed by atoms with Crippen LogP contribution in [0.2, 0.25) is 10.0 Å². The van der Waals surface area contributed by atoms with E-state index in [9.17, 15) is 21.6 Å². The molecular weight excluding hydrogens is 362 g/mol. The van der Waals surface area contributed by atoms with E-state index in [0.29, 0.717) is 12.1 Å². The van der Waals surface area contributed by atoms with Crippen LogP contribution in [0.1, 0.15) is 5.56 Å². The summed E-state index contributed by atoms with van der Waals surface area (Å²) in [4.78, 5) is -0.273. The van der Waals surface area contributed by atoms with Crippen LogP contribution in [0.4, 0.5) is 13.2 Å². The van der Waals surface area contributed by atoms with Crippen molar-refractivity contribution in [3.05, 3.63) is 63.4 Å². The highest BCUT2D eigenvalue weighted by Crippen LogP contribution is 2.25. The van der Waals surface area contributed by atoms with Crippen molar-refractivity contribution in [3.8, 4) is 0 Å². The molecule has 3 nitrogen and oxygen atoms in total. The van der Waals surface area contributed by atoms with E-state index in [1.54, 1.807) is 0 Å². The highest BCUT2D eigenvalue weighted by molar-refractivity contribution is 7.89. The lowest BCUT2D eigenvalue weighted by molar-refractivity contribution is 0.445. The maximum absolute atomic E-state index is 13.1. The summed E-state index contributed by atoms with van der Waals surface area (Å²) in [5.41, 5.74) is -0.0851. The van der Waals surface area contributed by atoms with Gasteiger partial charge in [0.1, 0.15) is 4.90 Å². The van der Waals surface area contributed by atoms with Crippen molar-refractivity contribution in [1.82, 2.24) is 4.72 Å². The summed E-state index contributed by atoms with van der Waals surface area (Å²) >= 11 is 11.5. The van der Waals surface area contributed by atoms with Crippen LogP contribution in [0.15, 0.2) is 35.2 Å². The van der Waals surface area contributed by atoms with Crippen molar-refractivity contribution in [1.29, 1.82) is 0 Å². The van der Waals surface area contributed by atoms with Gasteiger partial charge in [-0.25, -0.2) is 26.3 Å². The highest BCUT2D eigenvalue weighted by Gasteiger charge is 2.19. The molecule has 0 saturated carbocycles. The maximum atomic E-state index is 13.1. The summed E-state index contributed by atoms with van der Waals surface area (Å²) in [5, 5.41) is 0.0945. The Labute approximate surface area is 134 Å². The van der Waals surface area contributed by atoms with Gasteiger partial charge in [-0.2, -0.15) is 0 Å². The molecule has 0 fully saturated rings. The van der Waals surface area contributed by atoms with Gasteiger partial charge in [-0.15, -0.1) is 0 Å². The maximum Gasteiger partial charge on any atom is 0.242 e. The third kappa shape index (κ3) is 3.73. The van der Waals surface area contributed by atoms with Gasteiger partial charge in [-0.05, 0) is 35.9 Å². The van der Waals surface area contributed by atoms with Crippen molar-refractivity contribution in [2.45, 2.75) is 11.4 Å². The number of hydrogen-bond donors (Lipinski definition) is 1. The predicted octanol–water partition coefficient (Wildman–Crippen LogP) is 3.89. The van der Waals surface area contributed by atoms with E-state index in [0.717, 1.165) is 6.07 Å². The Kier molecular flexibility index (Phi) is 5.01. The lowest BCUT2D eigenvalue weighted by Gasteiger charge is -2.09. The van der Waals surface area contributed by atoms with Gasteiger partial charge in [0.25, 0.3) is 0 Å². The Balaban J connectivity index is 2.25. The normalized spacial score (nSPS) is 11.7. The highest BCUT2D eigenvalue weighted by atomic mass is 35.5. The van der Waals surface area contributed by atoms with Crippen LogP contribution in [0.25, 0.3) is 0 Å². The molecule has 0 unspecified atom stereocenters. The minimum atomic E-state index is -4.05. The Hall–Kier alpha value is -1.28. The van der Waals surface area contributed by atoms with Gasteiger partial charge >= 0.3 is 0 Å². The summed E-state index contributed by atoms with van der Waals surface area (Å²) in [6.07, 6.45) is 0. The molecule has 0 heterocycles. The molecule has 0 aliphatic rings. The van der Waals surface area contributed by atoms with Crippen LogP contribution in [-0.2, 0) is 16.6 Å². The number of hydrogen-bond acceptors (Lipinski definition) is 2. The van der Waals surface area contributed by atoms with Crippen LogP contribution in [0.5, 0.6) is 0 Å². The molecule has 22 heavy (non-hydrogen) atoms. The molecule has 9 heteroatoms. The van der Waals surface area contributed by atoms with Gasteiger partial charge in [0, 0.05) is 11.6 Å². The first-order chi connectivity index (χ1) is 10.2. The molecule has 0 bridgehead atoms. The zero-order chi connectivity index (χ0) is 16.5. The molecule has 0 saturated heterocycles. The van der Waals surface area contributed by atoms with Crippen LogP contribution in [-0.4, -0.2) is 8.42 Å². The Morgan fingerprint density at radius 3 is 2.18 bits per heavy atom. The Morgan fingerprint density at radius 1 is 1.00 bits per heavy atom. The van der Waals surface area contributed by atoms with Gasteiger partial charge < -0.3 is 0 Å². The number of nitrogens with one attached hydrogen (secondary N) is 1. The fraction of sp³-hybridized carbons (Fsp3) is 0.0769. The average Bonchev–Trinajstić information content (AvgIpc) is 2.45. The van der Waals surface area contributed by atoms with Crippen LogP contribution in [0, 0.1) is 17.5 Å². The monoisotopic (exact) mass is 369 g/mol. The predicted molar refractivity (Wildman–Crippen MR) is 76.8 cm³/mol. The van der Waals surface area contributed by atoms with Gasteiger partial charge in [0.05, 0.1) is 5.02 Å². The minimum Gasteiger partial charge on any atom is -0.207 e. The molecule has 118 valence electrons. The van der Waals surface area contributed by atoms with Crippen molar-refractivity contribution < 1.29 is 21.6 Å². The molecule has 0 amide bonds. The summed E-state index contributed by atoms with van der Waals surface area (Å²) in [6, 6.07) is 5.24. The molecule has 0 atom stereocenters. The molecule has 2 rings (SSSR count). The van der Waals surface area contributed by atoms with Crippen molar-refractivity contribution >= 4 is 33.2 Å². The van der Waals surface area contributed by atoms with Crippen LogP contribution in [0.3, 0.4) is 0 Å². The minimum absolute atomic E-state index is 0.0617. The largest absolute Gasteiger partial charge is 0.242 e. The molecule has 2 aromatic carbocycles. The third-order valence-electron chi connectivity index (χ3n) is 2.69. The molecular formula is C13H8Cl2F3NO2S. The van der Waals surface area contributed by atoms with E-state index in [2.05, 4.69) is 4.72 Å². The van der Waals surface area contributed by atoms with Gasteiger partial charge in [-0.3, -0.25) is 0 Å². The number of sulfonamides is 1. The summed E-state index contributed by atoms with van der Waals surface area (Å²) in [5.74, 6) is -4.44. The Morgan fingerprint density at radius 2 is 1.59 bits per heavy atom. The second-order valence-electron chi connectivity index (χ2n) is 4.27. The quantitative estimate of drug-likeness (QED) is 0.831. The van der Waals surface area contributed by atoms with E-state index in [4.69, 9.17) is 23.2 Å². The third-order valence-corrected chi connectivity index (χ3v) is 4.81. The molecule has 0 aliphatic carbocycles. The lowest BCUT2D eigenvalue weighted by Crippen LogP contribution is -2.23. The number of rotatable bonds is 4. The molecule has 2 aromatic rings. The summed E-state index contributed by atoms with van der Waals surface area (Å²) in [7, 11) is -4.05. The molecule has 0 aliphatic heterocycles.